The Morgan fingerprint density at radius 3 is 2.71 bits per heavy atom. The minimum atomic E-state index is -0.937. The fraction of sp³-hybridized carbons (Fsp3) is 0.357. The van der Waals surface area contributed by atoms with Gasteiger partial charge >= 0.3 is 12.0 Å². The van der Waals surface area contributed by atoms with Crippen molar-refractivity contribution in [1.82, 2.24) is 5.32 Å². The number of nitrogens with one attached hydrogen (secondary N) is 2. The van der Waals surface area contributed by atoms with Crippen molar-refractivity contribution in [1.29, 1.82) is 5.26 Å². The molecule has 1 aromatic carbocycles. The molecule has 0 spiro atoms. The van der Waals surface area contributed by atoms with Crippen LogP contribution in [-0.2, 0) is 4.79 Å². The van der Waals surface area contributed by atoms with Crippen LogP contribution >= 0.6 is 11.6 Å². The molecular formula is C14H16ClN3O3. The molecule has 0 fully saturated rings. The first kappa shape index (κ1) is 16.8. The van der Waals surface area contributed by atoms with Gasteiger partial charge in [0.1, 0.15) is 0 Å². The second-order valence-corrected chi connectivity index (χ2v) is 4.87. The van der Waals surface area contributed by atoms with Gasteiger partial charge in [-0.1, -0.05) is 24.9 Å². The van der Waals surface area contributed by atoms with Crippen molar-refractivity contribution in [3.63, 3.8) is 0 Å². The van der Waals surface area contributed by atoms with Crippen LogP contribution < -0.4 is 10.6 Å². The lowest BCUT2D eigenvalue weighted by atomic mass is 10.0. The largest absolute Gasteiger partial charge is 0.481 e. The quantitative estimate of drug-likeness (QED) is 0.751. The molecule has 0 saturated heterocycles. The van der Waals surface area contributed by atoms with Gasteiger partial charge in [-0.3, -0.25) is 4.79 Å². The topological polar surface area (TPSA) is 102 Å². The highest BCUT2D eigenvalue weighted by atomic mass is 35.5. The van der Waals surface area contributed by atoms with Gasteiger partial charge in [0.05, 0.1) is 28.3 Å². The Labute approximate surface area is 127 Å². The van der Waals surface area contributed by atoms with E-state index in [9.17, 15) is 9.59 Å². The average Bonchev–Trinajstić information content (AvgIpc) is 2.45. The van der Waals surface area contributed by atoms with Crippen LogP contribution in [0.3, 0.4) is 0 Å². The van der Waals surface area contributed by atoms with Crippen molar-refractivity contribution in [2.45, 2.75) is 19.8 Å². The number of anilines is 1. The molecule has 0 radical (unpaired) electrons. The first-order valence-electron chi connectivity index (χ1n) is 6.45. The summed E-state index contributed by atoms with van der Waals surface area (Å²) in [4.78, 5) is 22.7. The zero-order valence-electron chi connectivity index (χ0n) is 11.5. The van der Waals surface area contributed by atoms with E-state index in [0.717, 1.165) is 6.42 Å². The molecule has 6 nitrogen and oxygen atoms in total. The second-order valence-electron chi connectivity index (χ2n) is 4.47. The molecule has 2 amide bonds. The molecule has 0 aliphatic heterocycles. The number of carboxylic acid groups (broad SMARTS) is 1. The zero-order chi connectivity index (χ0) is 15.8. The number of carbonyl (C=O) groups excluding carboxylic acids is 1. The van der Waals surface area contributed by atoms with Gasteiger partial charge in [0.25, 0.3) is 0 Å². The van der Waals surface area contributed by atoms with Crippen LogP contribution in [0.25, 0.3) is 0 Å². The summed E-state index contributed by atoms with van der Waals surface area (Å²) in [7, 11) is 0. The molecule has 0 bridgehead atoms. The van der Waals surface area contributed by atoms with E-state index in [1.807, 2.05) is 13.0 Å². The van der Waals surface area contributed by atoms with Gasteiger partial charge in [0.2, 0.25) is 0 Å². The van der Waals surface area contributed by atoms with E-state index in [4.69, 9.17) is 22.0 Å². The predicted octanol–water partition coefficient (Wildman–Crippen LogP) is 2.83. The van der Waals surface area contributed by atoms with Gasteiger partial charge in [-0.2, -0.15) is 5.26 Å². The Morgan fingerprint density at radius 1 is 1.48 bits per heavy atom. The monoisotopic (exact) mass is 309 g/mol. The molecule has 112 valence electrons. The minimum Gasteiger partial charge on any atom is -0.481 e. The number of aliphatic carboxylic acids is 1. The summed E-state index contributed by atoms with van der Waals surface area (Å²) in [5.74, 6) is -1.55. The van der Waals surface area contributed by atoms with Gasteiger partial charge in [-0.05, 0) is 24.6 Å². The molecular weight excluding hydrogens is 294 g/mol. The predicted molar refractivity (Wildman–Crippen MR) is 79.2 cm³/mol. The summed E-state index contributed by atoms with van der Waals surface area (Å²) in [6.45, 7) is 1.93. The summed E-state index contributed by atoms with van der Waals surface area (Å²) >= 11 is 5.93. The van der Waals surface area contributed by atoms with Crippen molar-refractivity contribution in [3.8, 4) is 6.07 Å². The fourth-order valence-corrected chi connectivity index (χ4v) is 1.96. The second kappa shape index (κ2) is 8.12. The maximum atomic E-state index is 11.7. The van der Waals surface area contributed by atoms with Crippen molar-refractivity contribution < 1.29 is 14.7 Å². The van der Waals surface area contributed by atoms with Crippen molar-refractivity contribution in [3.05, 3.63) is 28.8 Å². The number of carboxylic acids is 1. The molecule has 3 N–H and O–H groups in total. The smallest absolute Gasteiger partial charge is 0.319 e. The lowest BCUT2D eigenvalue weighted by molar-refractivity contribution is -0.141. The summed E-state index contributed by atoms with van der Waals surface area (Å²) in [6.07, 6.45) is 1.22. The Hall–Kier alpha value is -2.26. The van der Waals surface area contributed by atoms with Crippen LogP contribution in [0.2, 0.25) is 5.02 Å². The number of rotatable bonds is 6. The molecule has 0 aliphatic rings. The fourth-order valence-electron chi connectivity index (χ4n) is 1.73. The highest BCUT2D eigenvalue weighted by Crippen LogP contribution is 2.22. The Bertz CT molecular complexity index is 569. The van der Waals surface area contributed by atoms with Crippen LogP contribution in [0.4, 0.5) is 10.5 Å². The van der Waals surface area contributed by atoms with E-state index < -0.39 is 17.9 Å². The van der Waals surface area contributed by atoms with Crippen LogP contribution in [-0.4, -0.2) is 23.7 Å². The minimum absolute atomic E-state index is 0.0445. The van der Waals surface area contributed by atoms with E-state index in [1.165, 1.54) is 18.2 Å². The van der Waals surface area contributed by atoms with Crippen LogP contribution in [0, 0.1) is 17.2 Å². The lowest BCUT2D eigenvalue weighted by Crippen LogP contribution is -2.35. The zero-order valence-corrected chi connectivity index (χ0v) is 12.3. The Morgan fingerprint density at radius 2 is 2.19 bits per heavy atom. The Kier molecular flexibility index (Phi) is 6.50. The van der Waals surface area contributed by atoms with Gasteiger partial charge < -0.3 is 15.7 Å². The molecule has 0 aliphatic carbocycles. The molecule has 1 unspecified atom stereocenters. The SMILES string of the molecule is CCCC(CNC(=O)Nc1ccc(C#N)cc1Cl)C(=O)O. The van der Waals surface area contributed by atoms with Crippen LogP contribution in [0.1, 0.15) is 25.3 Å². The number of amides is 2. The van der Waals surface area contributed by atoms with Gasteiger partial charge in [0, 0.05) is 6.54 Å². The molecule has 7 heteroatoms. The van der Waals surface area contributed by atoms with E-state index in [-0.39, 0.29) is 11.6 Å². The number of halogens is 1. The number of hydrogen-bond acceptors (Lipinski definition) is 3. The molecule has 1 rings (SSSR count). The Balaban J connectivity index is 2.58. The van der Waals surface area contributed by atoms with Crippen molar-refractivity contribution in [2.75, 3.05) is 11.9 Å². The number of benzene rings is 1. The van der Waals surface area contributed by atoms with E-state index in [0.29, 0.717) is 17.7 Å². The van der Waals surface area contributed by atoms with Crippen LogP contribution in [0.15, 0.2) is 18.2 Å². The highest BCUT2D eigenvalue weighted by molar-refractivity contribution is 6.33. The number of hydrogen-bond donors (Lipinski definition) is 3. The first-order chi connectivity index (χ1) is 9.97. The van der Waals surface area contributed by atoms with Crippen LogP contribution in [0.5, 0.6) is 0 Å². The van der Waals surface area contributed by atoms with Crippen molar-refractivity contribution in [2.24, 2.45) is 5.92 Å². The summed E-state index contributed by atoms with van der Waals surface area (Å²) in [5, 5.41) is 23.0. The standard InChI is InChI=1S/C14H16ClN3O3/c1-2-3-10(13(19)20)8-17-14(21)18-12-5-4-9(7-16)6-11(12)15/h4-6,10H,2-3,8H2,1H3,(H,19,20)(H2,17,18,21). The van der Waals surface area contributed by atoms with Gasteiger partial charge in [-0.15, -0.1) is 0 Å². The first-order valence-corrected chi connectivity index (χ1v) is 6.83. The molecule has 21 heavy (non-hydrogen) atoms. The lowest BCUT2D eigenvalue weighted by Gasteiger charge is -2.13. The average molecular weight is 310 g/mol. The molecule has 0 aromatic heterocycles. The third kappa shape index (κ3) is 5.32. The maximum Gasteiger partial charge on any atom is 0.319 e. The summed E-state index contributed by atoms with van der Waals surface area (Å²) in [5.41, 5.74) is 0.746. The van der Waals surface area contributed by atoms with E-state index >= 15 is 0 Å². The van der Waals surface area contributed by atoms with E-state index in [1.54, 1.807) is 0 Å². The third-order valence-electron chi connectivity index (χ3n) is 2.84. The maximum absolute atomic E-state index is 11.7. The number of nitrogens with zero attached hydrogens (tertiary/aromatic N) is 1. The molecule has 0 saturated carbocycles. The number of carbonyl (C=O) groups is 2. The third-order valence-corrected chi connectivity index (χ3v) is 3.15. The molecule has 0 heterocycles. The molecule has 1 atom stereocenters. The summed E-state index contributed by atoms with van der Waals surface area (Å²) < 4.78 is 0. The van der Waals surface area contributed by atoms with E-state index in [2.05, 4.69) is 10.6 Å². The summed E-state index contributed by atoms with van der Waals surface area (Å²) in [6, 6.07) is 5.88. The van der Waals surface area contributed by atoms with Gasteiger partial charge in [0.15, 0.2) is 0 Å². The number of urea groups is 1. The number of nitriles is 1. The normalized spacial score (nSPS) is 11.3. The molecule has 1 aromatic rings. The van der Waals surface area contributed by atoms with Crippen molar-refractivity contribution >= 4 is 29.3 Å². The highest BCUT2D eigenvalue weighted by Gasteiger charge is 2.17. The van der Waals surface area contributed by atoms with Gasteiger partial charge in [-0.25, -0.2) is 4.79 Å².